The Kier molecular flexibility index (Phi) is 11.9. The van der Waals surface area contributed by atoms with Gasteiger partial charge >= 0.3 is 23.9 Å². The van der Waals surface area contributed by atoms with Crippen molar-refractivity contribution in [1.29, 1.82) is 0 Å². The summed E-state index contributed by atoms with van der Waals surface area (Å²) < 4.78 is 0. The minimum atomic E-state index is -1.60. The predicted octanol–water partition coefficient (Wildman–Crippen LogP) is -2.92. The summed E-state index contributed by atoms with van der Waals surface area (Å²) in [4.78, 5) is 79.9. The number of aliphatic carboxylic acids is 4. The lowest BCUT2D eigenvalue weighted by molar-refractivity contribution is -0.144. The number of amides is 3. The van der Waals surface area contributed by atoms with Gasteiger partial charge in [0.05, 0.1) is 12.5 Å². The molecule has 0 radical (unpaired) electrons. The van der Waals surface area contributed by atoms with E-state index < -0.39 is 97.9 Å². The molecule has 0 bridgehead atoms. The summed E-state index contributed by atoms with van der Waals surface area (Å²) in [6.45, 7) is 1.19. The number of nitrogens with two attached hydrogens (primary N) is 1. The first-order valence-corrected chi connectivity index (χ1v) is 9.29. The fourth-order valence-electron chi connectivity index (χ4n) is 2.30. The lowest BCUT2D eigenvalue weighted by Crippen LogP contribution is -2.56. The molecule has 0 rings (SSSR count). The summed E-state index contributed by atoms with van der Waals surface area (Å²) in [5.41, 5.74) is 5.38. The Balaban J connectivity index is 5.21. The molecule has 0 saturated heterocycles. The smallest absolute Gasteiger partial charge is 0.326 e. The molecule has 4 atom stereocenters. The molecule has 32 heavy (non-hydrogen) atoms. The van der Waals surface area contributed by atoms with Crippen molar-refractivity contribution in [3.8, 4) is 0 Å². The van der Waals surface area contributed by atoms with Gasteiger partial charge in [0, 0.05) is 12.8 Å². The highest BCUT2D eigenvalue weighted by Gasteiger charge is 2.29. The van der Waals surface area contributed by atoms with E-state index in [9.17, 15) is 33.6 Å². The van der Waals surface area contributed by atoms with E-state index in [1.807, 2.05) is 5.32 Å². The van der Waals surface area contributed by atoms with Crippen LogP contribution in [0.15, 0.2) is 0 Å². The van der Waals surface area contributed by atoms with Crippen LogP contribution < -0.4 is 21.7 Å². The van der Waals surface area contributed by atoms with Gasteiger partial charge in [-0.15, -0.1) is 0 Å². The second-order valence-electron chi connectivity index (χ2n) is 6.76. The lowest BCUT2D eigenvalue weighted by atomic mass is 10.1. The van der Waals surface area contributed by atoms with Crippen molar-refractivity contribution in [1.82, 2.24) is 16.0 Å². The van der Waals surface area contributed by atoms with E-state index in [-0.39, 0.29) is 0 Å². The Morgan fingerprint density at radius 1 is 0.688 bits per heavy atom. The lowest BCUT2D eigenvalue weighted by Gasteiger charge is -2.23. The van der Waals surface area contributed by atoms with Gasteiger partial charge in [0.1, 0.15) is 18.1 Å². The minimum Gasteiger partial charge on any atom is -0.481 e. The summed E-state index contributed by atoms with van der Waals surface area (Å²) in [5, 5.41) is 41.6. The predicted molar refractivity (Wildman–Crippen MR) is 103 cm³/mol. The molecule has 0 aliphatic heterocycles. The van der Waals surface area contributed by atoms with Gasteiger partial charge in [-0.25, -0.2) is 4.79 Å². The topological polar surface area (TPSA) is 263 Å². The maximum atomic E-state index is 12.4. The van der Waals surface area contributed by atoms with Crippen LogP contribution in [0.3, 0.4) is 0 Å². The van der Waals surface area contributed by atoms with Crippen molar-refractivity contribution in [2.24, 2.45) is 5.73 Å². The minimum absolute atomic E-state index is 0.433. The van der Waals surface area contributed by atoms with Gasteiger partial charge in [-0.2, -0.15) is 0 Å². The van der Waals surface area contributed by atoms with Crippen molar-refractivity contribution in [3.63, 3.8) is 0 Å². The van der Waals surface area contributed by atoms with Crippen LogP contribution >= 0.6 is 0 Å². The van der Waals surface area contributed by atoms with Crippen molar-refractivity contribution in [2.45, 2.75) is 63.2 Å². The summed E-state index contributed by atoms with van der Waals surface area (Å²) in [5.74, 6) is -8.46. The Morgan fingerprint density at radius 3 is 1.59 bits per heavy atom. The first-order valence-electron chi connectivity index (χ1n) is 9.29. The van der Waals surface area contributed by atoms with Crippen LogP contribution in [0.2, 0.25) is 0 Å². The number of carbonyl (C=O) groups excluding carboxylic acids is 3. The normalized spacial score (nSPS) is 14.2. The van der Waals surface area contributed by atoms with E-state index in [4.69, 9.17) is 26.2 Å². The monoisotopic (exact) mass is 462 g/mol. The summed E-state index contributed by atoms with van der Waals surface area (Å²) in [6, 6.07) is -5.87. The van der Waals surface area contributed by atoms with Gasteiger partial charge in [-0.3, -0.25) is 28.8 Å². The van der Waals surface area contributed by atoms with Crippen LogP contribution in [-0.2, 0) is 33.6 Å². The maximum absolute atomic E-state index is 12.4. The number of carboxylic acids is 4. The second kappa shape index (κ2) is 13.5. The Morgan fingerprint density at radius 2 is 1.16 bits per heavy atom. The molecule has 3 amide bonds. The first kappa shape index (κ1) is 28.2. The number of hydrogen-bond acceptors (Lipinski definition) is 8. The summed E-state index contributed by atoms with van der Waals surface area (Å²) >= 11 is 0. The van der Waals surface area contributed by atoms with Gasteiger partial charge in [0.2, 0.25) is 17.7 Å². The fraction of sp³-hybridized carbons (Fsp3) is 0.588. The molecule has 0 saturated carbocycles. The molecular weight excluding hydrogens is 436 g/mol. The van der Waals surface area contributed by atoms with E-state index in [0.717, 1.165) is 0 Å². The van der Waals surface area contributed by atoms with E-state index in [1.54, 1.807) is 0 Å². The molecule has 15 heteroatoms. The Bertz CT molecular complexity index is 755. The molecule has 0 heterocycles. The fourth-order valence-corrected chi connectivity index (χ4v) is 2.30. The molecule has 0 aromatic carbocycles. The highest BCUT2D eigenvalue weighted by Crippen LogP contribution is 2.04. The Hall–Kier alpha value is -3.75. The van der Waals surface area contributed by atoms with Crippen LogP contribution in [0.4, 0.5) is 0 Å². The van der Waals surface area contributed by atoms with Crippen molar-refractivity contribution >= 4 is 41.6 Å². The second-order valence-corrected chi connectivity index (χ2v) is 6.76. The molecule has 180 valence electrons. The molecule has 0 spiro atoms. The standard InChI is InChI=1S/C17H26N4O11/c1-7(19-15(29)8(18)6-13(26)27)14(28)20-9(2-4-11(22)23)16(30)21-10(17(31)32)3-5-12(24)25/h7-10H,2-6,18H2,1H3,(H,19,29)(H,20,28)(H,21,30)(H,22,23)(H,24,25)(H,26,27)(H,31,32). The number of nitrogens with one attached hydrogen (secondary N) is 3. The zero-order chi connectivity index (χ0) is 25.0. The zero-order valence-corrected chi connectivity index (χ0v) is 17.1. The van der Waals surface area contributed by atoms with Crippen LogP contribution in [0.1, 0.15) is 39.0 Å². The van der Waals surface area contributed by atoms with E-state index in [2.05, 4.69) is 10.6 Å². The van der Waals surface area contributed by atoms with Crippen LogP contribution in [0.5, 0.6) is 0 Å². The first-order chi connectivity index (χ1) is 14.7. The molecule has 0 aliphatic rings. The van der Waals surface area contributed by atoms with Gasteiger partial charge in [0.25, 0.3) is 0 Å². The SMILES string of the molecule is CC(NC(=O)C(N)CC(=O)O)C(=O)NC(CCC(=O)O)C(=O)NC(CCC(=O)O)C(=O)O. The third-order valence-electron chi connectivity index (χ3n) is 4.02. The van der Waals surface area contributed by atoms with Crippen molar-refractivity contribution < 1.29 is 54.0 Å². The number of carboxylic acid groups (broad SMARTS) is 4. The third-order valence-corrected chi connectivity index (χ3v) is 4.02. The molecule has 0 fully saturated rings. The molecular formula is C17H26N4O11. The maximum Gasteiger partial charge on any atom is 0.326 e. The number of rotatable bonds is 15. The van der Waals surface area contributed by atoms with E-state index in [1.165, 1.54) is 6.92 Å². The quantitative estimate of drug-likeness (QED) is 0.122. The van der Waals surface area contributed by atoms with Gasteiger partial charge in [-0.05, 0) is 19.8 Å². The van der Waals surface area contributed by atoms with Crippen molar-refractivity contribution in [3.05, 3.63) is 0 Å². The summed E-state index contributed by atoms with van der Waals surface area (Å²) in [7, 11) is 0. The number of hydrogen-bond donors (Lipinski definition) is 8. The van der Waals surface area contributed by atoms with E-state index >= 15 is 0 Å². The summed E-state index contributed by atoms with van der Waals surface area (Å²) in [6.07, 6.45) is -2.73. The van der Waals surface area contributed by atoms with Crippen LogP contribution in [-0.4, -0.2) is 86.2 Å². The molecule has 9 N–H and O–H groups in total. The number of carbonyl (C=O) groups is 7. The molecule has 15 nitrogen and oxygen atoms in total. The van der Waals surface area contributed by atoms with Crippen LogP contribution in [0.25, 0.3) is 0 Å². The highest BCUT2D eigenvalue weighted by molar-refractivity contribution is 5.94. The molecule has 0 aromatic heterocycles. The third kappa shape index (κ3) is 11.4. The zero-order valence-electron chi connectivity index (χ0n) is 17.1. The molecule has 0 aliphatic carbocycles. The van der Waals surface area contributed by atoms with Gasteiger partial charge in [-0.1, -0.05) is 0 Å². The highest BCUT2D eigenvalue weighted by atomic mass is 16.4. The van der Waals surface area contributed by atoms with Gasteiger partial charge < -0.3 is 42.1 Å². The van der Waals surface area contributed by atoms with Gasteiger partial charge in [0.15, 0.2) is 0 Å². The van der Waals surface area contributed by atoms with Crippen LogP contribution in [0, 0.1) is 0 Å². The molecule has 0 aromatic rings. The van der Waals surface area contributed by atoms with Crippen molar-refractivity contribution in [2.75, 3.05) is 0 Å². The van der Waals surface area contributed by atoms with E-state index in [0.29, 0.717) is 0 Å². The largest absolute Gasteiger partial charge is 0.481 e. The Labute approximate surface area is 181 Å². The average molecular weight is 462 g/mol. The molecule has 4 unspecified atom stereocenters. The average Bonchev–Trinajstić information content (AvgIpc) is 2.66.